The molecule has 2 aromatic heterocycles. The molecule has 3 N–H and O–H groups in total. The number of benzene rings is 1. The highest BCUT2D eigenvalue weighted by Gasteiger charge is 2.51. The fraction of sp³-hybridized carbons (Fsp3) is 0.263. The van der Waals surface area contributed by atoms with Crippen LogP contribution in [0.5, 0.6) is 0 Å². The number of aromatic nitrogens is 3. The van der Waals surface area contributed by atoms with Gasteiger partial charge in [-0.2, -0.15) is 13.2 Å². The van der Waals surface area contributed by atoms with Crippen molar-refractivity contribution in [3.63, 3.8) is 0 Å². The van der Waals surface area contributed by atoms with E-state index in [0.29, 0.717) is 5.56 Å². The Bertz CT molecular complexity index is 1210. The van der Waals surface area contributed by atoms with E-state index in [2.05, 4.69) is 20.3 Å². The predicted octanol–water partition coefficient (Wildman–Crippen LogP) is 2.55. The maximum absolute atomic E-state index is 13.4. The van der Waals surface area contributed by atoms with E-state index in [1.165, 1.54) is 12.1 Å². The molecule has 0 spiro atoms. The van der Waals surface area contributed by atoms with Crippen LogP contribution in [0.3, 0.4) is 0 Å². The largest absolute Gasteiger partial charge is 0.449 e. The molecule has 0 saturated carbocycles. The number of halogens is 5. The number of fused-ring (bicyclic) bond motifs is 1. The zero-order chi connectivity index (χ0) is 23.3. The lowest BCUT2D eigenvalue weighted by Gasteiger charge is -2.21. The number of rotatable bonds is 4. The van der Waals surface area contributed by atoms with Crippen molar-refractivity contribution in [3.05, 3.63) is 52.7 Å². The minimum atomic E-state index is -4.70. The van der Waals surface area contributed by atoms with Crippen LogP contribution in [0.2, 0.25) is 5.02 Å². The van der Waals surface area contributed by atoms with Crippen LogP contribution < -0.4 is 10.2 Å². The van der Waals surface area contributed by atoms with Crippen molar-refractivity contribution in [2.45, 2.75) is 24.7 Å². The van der Waals surface area contributed by atoms with Crippen molar-refractivity contribution in [1.82, 2.24) is 20.3 Å². The molecule has 0 aliphatic carbocycles. The first kappa shape index (κ1) is 22.0. The van der Waals surface area contributed by atoms with Gasteiger partial charge in [0.2, 0.25) is 11.4 Å². The van der Waals surface area contributed by atoms with E-state index in [4.69, 9.17) is 11.6 Å². The number of anilines is 1. The van der Waals surface area contributed by atoms with Crippen LogP contribution >= 0.6 is 11.6 Å². The Hall–Kier alpha value is -3.25. The molecule has 8 nitrogen and oxygen atoms in total. The first-order chi connectivity index (χ1) is 15.0. The number of carbonyl (C=O) groups excluding carboxylic acids is 2. The van der Waals surface area contributed by atoms with Gasteiger partial charge < -0.3 is 20.3 Å². The van der Waals surface area contributed by atoms with E-state index in [1.54, 1.807) is 0 Å². The van der Waals surface area contributed by atoms with Gasteiger partial charge in [0.25, 0.3) is 11.8 Å². The van der Waals surface area contributed by atoms with Gasteiger partial charge in [0, 0.05) is 24.5 Å². The number of carbonyl (C=O) groups is 2. The molecule has 1 aliphatic heterocycles. The molecule has 0 radical (unpaired) electrons. The number of hydrogen-bond donors (Lipinski definition) is 3. The van der Waals surface area contributed by atoms with Gasteiger partial charge in [-0.05, 0) is 29.8 Å². The predicted molar refractivity (Wildman–Crippen MR) is 104 cm³/mol. The first-order valence-corrected chi connectivity index (χ1v) is 9.56. The van der Waals surface area contributed by atoms with Gasteiger partial charge in [0.15, 0.2) is 5.65 Å². The summed E-state index contributed by atoms with van der Waals surface area (Å²) in [6.07, 6.45) is -3.84. The highest BCUT2D eigenvalue weighted by atomic mass is 35.5. The molecule has 3 heterocycles. The Morgan fingerprint density at radius 2 is 2.06 bits per heavy atom. The van der Waals surface area contributed by atoms with E-state index in [0.717, 1.165) is 23.2 Å². The van der Waals surface area contributed by atoms with Gasteiger partial charge in [-0.3, -0.25) is 9.59 Å². The van der Waals surface area contributed by atoms with Crippen LogP contribution in [0.1, 0.15) is 17.8 Å². The SMILES string of the molecule is O=C(NCc1cc(F)cc(Cl)c1)C1(O)CCN(c2cnc3nc(C(F)(F)F)[nH]c3c2)C1=O. The van der Waals surface area contributed by atoms with Crippen molar-refractivity contribution in [3.8, 4) is 0 Å². The number of imidazole rings is 1. The van der Waals surface area contributed by atoms with Gasteiger partial charge in [0.05, 0.1) is 17.4 Å². The maximum atomic E-state index is 13.4. The Morgan fingerprint density at radius 3 is 2.75 bits per heavy atom. The average molecular weight is 472 g/mol. The number of nitrogens with one attached hydrogen (secondary N) is 2. The first-order valence-electron chi connectivity index (χ1n) is 9.18. The summed E-state index contributed by atoms with van der Waals surface area (Å²) in [5, 5.41) is 13.2. The van der Waals surface area contributed by atoms with Gasteiger partial charge in [0.1, 0.15) is 5.82 Å². The maximum Gasteiger partial charge on any atom is 0.449 e. The van der Waals surface area contributed by atoms with Gasteiger partial charge >= 0.3 is 6.18 Å². The zero-order valence-electron chi connectivity index (χ0n) is 16.0. The van der Waals surface area contributed by atoms with E-state index >= 15 is 0 Å². The van der Waals surface area contributed by atoms with E-state index in [1.807, 2.05) is 0 Å². The average Bonchev–Trinajstić information content (AvgIpc) is 3.27. The summed E-state index contributed by atoms with van der Waals surface area (Å²) in [7, 11) is 0. The number of amides is 2. The van der Waals surface area contributed by atoms with Crippen LogP contribution in [-0.4, -0.2) is 44.0 Å². The molecular weight excluding hydrogens is 458 g/mol. The number of alkyl halides is 3. The third-order valence-electron chi connectivity index (χ3n) is 4.95. The monoisotopic (exact) mass is 471 g/mol. The van der Waals surface area contributed by atoms with Gasteiger partial charge in [-0.15, -0.1) is 0 Å². The standard InChI is InChI=1S/C19H14ClF4N5O3/c20-10-3-9(4-11(21)5-10)7-26-16(30)18(32)1-2-29(17(18)31)12-6-13-14(25-8-12)28-15(27-13)19(22,23)24/h3-6,8,32H,1-2,7H2,(H,26,30)(H,25,27,28). The van der Waals surface area contributed by atoms with Crippen LogP contribution in [0, 0.1) is 5.82 Å². The summed E-state index contributed by atoms with van der Waals surface area (Å²) >= 11 is 5.76. The lowest BCUT2D eigenvalue weighted by Crippen LogP contribution is -2.52. The fourth-order valence-corrected chi connectivity index (χ4v) is 3.62. The van der Waals surface area contributed by atoms with Crippen molar-refractivity contribution in [2.24, 2.45) is 0 Å². The highest BCUT2D eigenvalue weighted by Crippen LogP contribution is 2.32. The second kappa shape index (κ2) is 7.71. The number of pyridine rings is 1. The van der Waals surface area contributed by atoms with E-state index in [9.17, 15) is 32.3 Å². The molecule has 13 heteroatoms. The molecule has 1 unspecified atom stereocenters. The molecule has 1 atom stereocenters. The van der Waals surface area contributed by atoms with Gasteiger partial charge in [-0.1, -0.05) is 11.6 Å². The van der Waals surface area contributed by atoms with E-state index in [-0.39, 0.29) is 41.4 Å². The Kier molecular flexibility index (Phi) is 5.29. The molecule has 1 fully saturated rings. The summed E-state index contributed by atoms with van der Waals surface area (Å²) in [4.78, 5) is 35.6. The van der Waals surface area contributed by atoms with E-state index < -0.39 is 35.2 Å². The molecule has 1 saturated heterocycles. The topological polar surface area (TPSA) is 111 Å². The number of nitrogens with zero attached hydrogens (tertiary/aromatic N) is 3. The normalized spacial score (nSPS) is 19.1. The van der Waals surface area contributed by atoms with Crippen LogP contribution in [0.15, 0.2) is 30.5 Å². The van der Waals surface area contributed by atoms with Gasteiger partial charge in [-0.25, -0.2) is 14.4 Å². The van der Waals surface area contributed by atoms with Crippen LogP contribution in [0.25, 0.3) is 11.2 Å². The highest BCUT2D eigenvalue weighted by molar-refractivity contribution is 6.30. The lowest BCUT2D eigenvalue weighted by atomic mass is 10.0. The molecule has 1 aromatic carbocycles. The molecular formula is C19H14ClF4N5O3. The number of aromatic amines is 1. The molecule has 3 aromatic rings. The molecule has 1 aliphatic rings. The Labute approximate surface area is 182 Å². The molecule has 168 valence electrons. The number of hydrogen-bond acceptors (Lipinski definition) is 5. The zero-order valence-corrected chi connectivity index (χ0v) is 16.8. The third-order valence-corrected chi connectivity index (χ3v) is 5.17. The minimum absolute atomic E-state index is 0.0644. The summed E-state index contributed by atoms with van der Waals surface area (Å²) in [5.74, 6) is -3.82. The molecule has 0 bridgehead atoms. The summed E-state index contributed by atoms with van der Waals surface area (Å²) in [6.45, 7) is -0.268. The Balaban J connectivity index is 1.51. The van der Waals surface area contributed by atoms with Crippen molar-refractivity contribution in [2.75, 3.05) is 11.4 Å². The molecule has 4 rings (SSSR count). The second-order valence-corrected chi connectivity index (χ2v) is 7.61. The number of aliphatic hydroxyl groups is 1. The fourth-order valence-electron chi connectivity index (χ4n) is 3.37. The minimum Gasteiger partial charge on any atom is -0.372 e. The summed E-state index contributed by atoms with van der Waals surface area (Å²) in [6, 6.07) is 4.86. The van der Waals surface area contributed by atoms with Crippen LogP contribution in [-0.2, 0) is 22.3 Å². The summed E-state index contributed by atoms with van der Waals surface area (Å²) in [5.41, 5.74) is -2.26. The Morgan fingerprint density at radius 1 is 1.31 bits per heavy atom. The quantitative estimate of drug-likeness (QED) is 0.400. The summed E-state index contributed by atoms with van der Waals surface area (Å²) < 4.78 is 51.9. The molecule has 2 amide bonds. The smallest absolute Gasteiger partial charge is 0.372 e. The number of H-pyrrole nitrogens is 1. The molecule has 32 heavy (non-hydrogen) atoms. The van der Waals surface area contributed by atoms with Crippen molar-refractivity contribution < 1.29 is 32.3 Å². The van der Waals surface area contributed by atoms with Crippen molar-refractivity contribution in [1.29, 1.82) is 0 Å². The third kappa shape index (κ3) is 3.98. The second-order valence-electron chi connectivity index (χ2n) is 7.18. The van der Waals surface area contributed by atoms with Crippen molar-refractivity contribution >= 4 is 40.3 Å². The lowest BCUT2D eigenvalue weighted by molar-refractivity contribution is -0.149. The van der Waals surface area contributed by atoms with Crippen LogP contribution in [0.4, 0.5) is 23.2 Å².